The third-order valence-corrected chi connectivity index (χ3v) is 13.2. The average Bonchev–Trinajstić information content (AvgIpc) is 2.75. The van der Waals surface area contributed by atoms with Crippen LogP contribution in [-0.4, -0.2) is 126 Å². The molecule has 0 saturated carbocycles. The number of carbonyl (C=O) groups excluding carboxylic acids is 2. The molecule has 14 N–H and O–H groups in total. The van der Waals surface area contributed by atoms with Gasteiger partial charge in [-0.25, -0.2) is 33.7 Å². The van der Waals surface area contributed by atoms with Gasteiger partial charge in [-0.1, -0.05) is 0 Å². The lowest BCUT2D eigenvalue weighted by Gasteiger charge is -2.12. The molecule has 0 bridgehead atoms. The van der Waals surface area contributed by atoms with Gasteiger partial charge in [0.05, 0.1) is 110 Å². The number of rotatable bonds is 18. The number of non-ortho nitro benzene ring substituents is 2. The summed E-state index contributed by atoms with van der Waals surface area (Å²) in [6, 6.07) is 29.8. The molecule has 7 aromatic carbocycles. The standard InChI is InChI=1S/C16H16N2O6S.C14H15N3O5S.C8H10N2O5S.C8H12N2O3S.C7H8N2O3/c1-22-14-8-11(4-5-12(14)18-25(2,20)21)17-16(19)10-3-6-13-15(7-10)24-9-23-13;1-23(21,22)17-11-4-3-9(7-13(11)19)16-14(20)8-2-5-12(18)10(15)6-8;1-15-8-5-6(10(11)12)3-4-7(8)9-16(2,13)14;1-13-8-5-6(9)3-4-7(8)10-14(2,11)12;1-12-7-4-5(9(10)11)2-3-6(7)8/h3-8,18H,9H2,1-2H3,(H,17,19);2-7,17-19H,15H2,1H3,(H,16,20);3-5,9H,1-2H3;3-5,10H,9H2,1-2H3;2-4H,8H2,1H3. The van der Waals surface area contributed by atoms with Gasteiger partial charge in [-0.3, -0.25) is 48.7 Å². The molecule has 1 heterocycles. The third-order valence-electron chi connectivity index (χ3n) is 10.9. The van der Waals surface area contributed by atoms with Crippen molar-refractivity contribution in [2.45, 2.75) is 0 Å². The number of methoxy groups -OCH3 is 4. The van der Waals surface area contributed by atoms with Crippen molar-refractivity contribution in [3.8, 4) is 46.0 Å². The summed E-state index contributed by atoms with van der Waals surface area (Å²) in [7, 11) is -8.13. The number of benzene rings is 7. The summed E-state index contributed by atoms with van der Waals surface area (Å²) in [6.07, 6.45) is 4.05. The lowest BCUT2D eigenvalue weighted by Crippen LogP contribution is -2.13. The fourth-order valence-electron chi connectivity index (χ4n) is 6.97. The minimum atomic E-state index is -3.52. The molecule has 1 aliphatic heterocycles. The molecule has 0 unspecified atom stereocenters. The van der Waals surface area contributed by atoms with Crippen molar-refractivity contribution >= 4 is 114 Å². The Morgan fingerprint density at radius 2 is 0.856 bits per heavy atom. The van der Waals surface area contributed by atoms with E-state index in [-0.39, 0.29) is 81.1 Å². The number of sulfonamides is 4. The number of nitrogens with two attached hydrogens (primary N) is 3. The number of nitrogens with one attached hydrogen (secondary N) is 6. The number of phenols is 2. The maximum Gasteiger partial charge on any atom is 0.273 e. The van der Waals surface area contributed by atoms with Crippen molar-refractivity contribution in [2.24, 2.45) is 0 Å². The molecule has 33 nitrogen and oxygen atoms in total. The summed E-state index contributed by atoms with van der Waals surface area (Å²) in [5.74, 6) is 0.901. The van der Waals surface area contributed by atoms with E-state index in [1.807, 2.05) is 0 Å². The number of carbonyl (C=O) groups is 2. The van der Waals surface area contributed by atoms with E-state index in [2.05, 4.69) is 29.5 Å². The topological polar surface area (TPSA) is 503 Å². The molecule has 0 aliphatic carbocycles. The molecule has 0 spiro atoms. The third kappa shape index (κ3) is 23.4. The van der Waals surface area contributed by atoms with Crippen LogP contribution in [0.4, 0.5) is 62.6 Å². The molecule has 8 rings (SSSR count). The molecule has 484 valence electrons. The Bertz CT molecular complexity index is 4260. The van der Waals surface area contributed by atoms with Gasteiger partial charge in [0.15, 0.2) is 11.5 Å². The van der Waals surface area contributed by atoms with Gasteiger partial charge in [-0.05, 0) is 84.9 Å². The van der Waals surface area contributed by atoms with E-state index in [1.54, 1.807) is 42.5 Å². The van der Waals surface area contributed by atoms with E-state index in [4.69, 9.17) is 45.6 Å². The van der Waals surface area contributed by atoms with Crippen molar-refractivity contribution in [2.75, 3.05) is 107 Å². The van der Waals surface area contributed by atoms with E-state index < -0.39 is 55.8 Å². The lowest BCUT2D eigenvalue weighted by molar-refractivity contribution is -0.385. The highest BCUT2D eigenvalue weighted by atomic mass is 32.2. The zero-order valence-electron chi connectivity index (χ0n) is 48.7. The van der Waals surface area contributed by atoms with Gasteiger partial charge in [0.1, 0.15) is 34.5 Å². The van der Waals surface area contributed by atoms with Crippen molar-refractivity contribution < 1.29 is 91.7 Å². The van der Waals surface area contributed by atoms with Crippen LogP contribution >= 0.6 is 0 Å². The van der Waals surface area contributed by atoms with Crippen LogP contribution in [-0.2, 0) is 40.1 Å². The first-order valence-corrected chi connectivity index (χ1v) is 32.3. The summed E-state index contributed by atoms with van der Waals surface area (Å²) < 4.78 is 128. The number of phenolic OH excluding ortho intramolecular Hbond substituents is 2. The molecule has 2 amide bonds. The quantitative estimate of drug-likeness (QED) is 0.0198. The van der Waals surface area contributed by atoms with Gasteiger partial charge in [-0.2, -0.15) is 0 Å². The first kappa shape index (κ1) is 71.6. The Kier molecular flexibility index (Phi) is 24.7. The zero-order valence-corrected chi connectivity index (χ0v) is 51.9. The number of nitro benzene ring substituents is 2. The van der Waals surface area contributed by atoms with E-state index in [1.165, 1.54) is 107 Å². The number of hydrogen-bond donors (Lipinski definition) is 11. The zero-order chi connectivity index (χ0) is 67.5. The van der Waals surface area contributed by atoms with Gasteiger partial charge in [-0.15, -0.1) is 0 Å². The molecular formula is C53H61N11O22S4. The summed E-state index contributed by atoms with van der Waals surface area (Å²) >= 11 is 0. The highest BCUT2D eigenvalue weighted by Gasteiger charge is 2.19. The van der Waals surface area contributed by atoms with Gasteiger partial charge >= 0.3 is 0 Å². The fourth-order valence-corrected chi connectivity index (χ4v) is 9.25. The second-order valence-corrected chi connectivity index (χ2v) is 25.2. The molecular weight excluding hydrogens is 1270 g/mol. The summed E-state index contributed by atoms with van der Waals surface area (Å²) in [6.45, 7) is 0.131. The van der Waals surface area contributed by atoms with Crippen LogP contribution < -0.4 is 75.1 Å². The van der Waals surface area contributed by atoms with E-state index in [0.29, 0.717) is 51.3 Å². The van der Waals surface area contributed by atoms with Crippen molar-refractivity contribution in [1.29, 1.82) is 0 Å². The Morgan fingerprint density at radius 1 is 0.456 bits per heavy atom. The van der Waals surface area contributed by atoms with Gasteiger partial charge in [0.25, 0.3) is 23.2 Å². The normalized spacial score (nSPS) is 11.2. The second-order valence-electron chi connectivity index (χ2n) is 18.2. The van der Waals surface area contributed by atoms with Crippen molar-refractivity contribution in [3.63, 3.8) is 0 Å². The van der Waals surface area contributed by atoms with Crippen LogP contribution in [0.2, 0.25) is 0 Å². The van der Waals surface area contributed by atoms with Gasteiger partial charge < -0.3 is 66.5 Å². The van der Waals surface area contributed by atoms with E-state index in [0.717, 1.165) is 31.1 Å². The molecule has 0 fully saturated rings. The van der Waals surface area contributed by atoms with Crippen molar-refractivity contribution in [1.82, 2.24) is 0 Å². The first-order valence-electron chi connectivity index (χ1n) is 24.8. The number of anilines is 9. The maximum atomic E-state index is 12.4. The number of aromatic hydroxyl groups is 2. The van der Waals surface area contributed by atoms with Gasteiger partial charge in [0.2, 0.25) is 46.9 Å². The average molecular weight is 1330 g/mol. The van der Waals surface area contributed by atoms with Crippen LogP contribution in [0.3, 0.4) is 0 Å². The number of nitrogens with zero attached hydrogens (tertiary/aromatic N) is 2. The predicted octanol–water partition coefficient (Wildman–Crippen LogP) is 6.16. The molecule has 0 atom stereocenters. The molecule has 1 aliphatic rings. The van der Waals surface area contributed by atoms with E-state index >= 15 is 0 Å². The Morgan fingerprint density at radius 3 is 1.33 bits per heavy atom. The Balaban J connectivity index is 0.000000247. The second kappa shape index (κ2) is 31.1. The van der Waals surface area contributed by atoms with Crippen molar-refractivity contribution in [3.05, 3.63) is 159 Å². The number of ether oxygens (including phenoxy) is 6. The number of amides is 2. The highest BCUT2D eigenvalue weighted by molar-refractivity contribution is 7.92. The number of nitrogen functional groups attached to an aromatic ring is 3. The lowest BCUT2D eigenvalue weighted by atomic mass is 10.1. The fraction of sp³-hybridized carbons (Fsp3) is 0.170. The van der Waals surface area contributed by atoms with Crippen LogP contribution in [0.5, 0.6) is 46.0 Å². The van der Waals surface area contributed by atoms with Crippen LogP contribution in [0.1, 0.15) is 20.7 Å². The van der Waals surface area contributed by atoms with Gasteiger partial charge in [0, 0.05) is 58.5 Å². The number of fused-ring (bicyclic) bond motifs is 1. The van der Waals surface area contributed by atoms with Crippen LogP contribution in [0, 0.1) is 20.2 Å². The number of hydrogen-bond acceptors (Lipinski definition) is 25. The smallest absolute Gasteiger partial charge is 0.273 e. The minimum Gasteiger partial charge on any atom is -0.506 e. The molecule has 37 heteroatoms. The van der Waals surface area contributed by atoms with E-state index in [9.17, 15) is 73.7 Å². The maximum absolute atomic E-state index is 12.4. The molecule has 90 heavy (non-hydrogen) atoms. The summed E-state index contributed by atoms with van der Waals surface area (Å²) in [5, 5.41) is 45.1. The monoisotopic (exact) mass is 1330 g/mol. The first-order chi connectivity index (χ1) is 41.9. The molecule has 7 aromatic rings. The molecule has 0 radical (unpaired) electrons. The van der Waals surface area contributed by atoms with Crippen LogP contribution in [0.15, 0.2) is 127 Å². The Hall–Kier alpha value is -10.9. The predicted molar refractivity (Wildman–Crippen MR) is 337 cm³/mol. The SMILES string of the molecule is COc1cc(N)ccc1NS(C)(=O)=O.COc1cc(NC(=O)c2ccc3c(c2)OCO3)ccc1NS(C)(=O)=O.COc1cc([N+](=O)[O-])ccc1N.COc1cc([N+](=O)[O-])ccc1NS(C)(=O)=O.CS(=O)(=O)Nc1ccc(NC(=O)c2ccc(O)c(N)c2)cc1O. The number of nitro groups is 2. The van der Waals surface area contributed by atoms with Crippen LogP contribution in [0.25, 0.3) is 0 Å². The summed E-state index contributed by atoms with van der Waals surface area (Å²) in [4.78, 5) is 44.1. The summed E-state index contributed by atoms with van der Waals surface area (Å²) in [5.41, 5.74) is 19.4. The minimum absolute atomic E-state index is 0.000577. The Labute approximate surface area is 515 Å². The molecule has 0 aromatic heterocycles. The highest BCUT2D eigenvalue weighted by Crippen LogP contribution is 2.35. The largest absolute Gasteiger partial charge is 0.506 e. The molecule has 0 saturated heterocycles.